The van der Waals surface area contributed by atoms with Crippen LogP contribution in [0.3, 0.4) is 0 Å². The standard InChI is InChI=1S/C20H21ClN4O2S/c1-2-13-3-9-17(10-4-13)25-12-14(11-18(25)26)19(27)23-24-20(28)22-16-7-5-15(21)6-8-16/h3-10,14H,2,11-12H2,1H3,(H,23,27)(H2,22,24,28)/t14-/m0/s1. The van der Waals surface area contributed by atoms with E-state index in [-0.39, 0.29) is 23.3 Å². The molecule has 1 aliphatic rings. The van der Waals surface area contributed by atoms with E-state index in [1.807, 2.05) is 24.3 Å². The van der Waals surface area contributed by atoms with Gasteiger partial charge in [-0.3, -0.25) is 20.4 Å². The molecule has 0 bridgehead atoms. The largest absolute Gasteiger partial charge is 0.331 e. The molecule has 0 radical (unpaired) electrons. The summed E-state index contributed by atoms with van der Waals surface area (Å²) in [7, 11) is 0. The summed E-state index contributed by atoms with van der Waals surface area (Å²) in [6.07, 6.45) is 1.11. The van der Waals surface area contributed by atoms with Crippen LogP contribution >= 0.6 is 23.8 Å². The van der Waals surface area contributed by atoms with Gasteiger partial charge in [0.1, 0.15) is 0 Å². The molecule has 8 heteroatoms. The minimum atomic E-state index is -0.441. The Morgan fingerprint density at radius 1 is 1.14 bits per heavy atom. The molecule has 146 valence electrons. The molecule has 3 rings (SSSR count). The third-order valence-corrected chi connectivity index (χ3v) is 5.01. The summed E-state index contributed by atoms with van der Waals surface area (Å²) in [4.78, 5) is 26.4. The van der Waals surface area contributed by atoms with Crippen LogP contribution in [-0.2, 0) is 16.0 Å². The minimum absolute atomic E-state index is 0.0636. The lowest BCUT2D eigenvalue weighted by molar-refractivity contribution is -0.126. The number of hydrogen-bond acceptors (Lipinski definition) is 3. The summed E-state index contributed by atoms with van der Waals surface area (Å²) >= 11 is 11.0. The van der Waals surface area contributed by atoms with E-state index < -0.39 is 5.92 Å². The number of nitrogens with one attached hydrogen (secondary N) is 3. The Morgan fingerprint density at radius 3 is 2.46 bits per heavy atom. The lowest BCUT2D eigenvalue weighted by atomic mass is 10.1. The van der Waals surface area contributed by atoms with Gasteiger partial charge in [0.15, 0.2) is 5.11 Å². The number of amides is 2. The van der Waals surface area contributed by atoms with Gasteiger partial charge in [0.25, 0.3) is 0 Å². The maximum atomic E-state index is 12.4. The number of halogens is 1. The third-order valence-electron chi connectivity index (χ3n) is 4.55. The van der Waals surface area contributed by atoms with Crippen molar-refractivity contribution in [3.8, 4) is 0 Å². The maximum Gasteiger partial charge on any atom is 0.243 e. The lowest BCUT2D eigenvalue weighted by Gasteiger charge is -2.17. The molecule has 2 amide bonds. The van der Waals surface area contributed by atoms with Crippen LogP contribution < -0.4 is 21.1 Å². The molecule has 1 heterocycles. The Kier molecular flexibility index (Phi) is 6.49. The molecule has 3 N–H and O–H groups in total. The first-order chi connectivity index (χ1) is 13.5. The second-order valence-corrected chi connectivity index (χ2v) is 7.35. The van der Waals surface area contributed by atoms with Gasteiger partial charge in [-0.2, -0.15) is 0 Å². The third kappa shape index (κ3) is 4.99. The zero-order chi connectivity index (χ0) is 20.1. The topological polar surface area (TPSA) is 73.5 Å². The first-order valence-electron chi connectivity index (χ1n) is 8.98. The van der Waals surface area contributed by atoms with Crippen LogP contribution in [0.25, 0.3) is 0 Å². The molecular weight excluding hydrogens is 396 g/mol. The molecule has 1 aliphatic heterocycles. The van der Waals surface area contributed by atoms with Crippen molar-refractivity contribution in [1.29, 1.82) is 0 Å². The molecule has 1 fully saturated rings. The number of benzene rings is 2. The average Bonchev–Trinajstić information content (AvgIpc) is 3.10. The van der Waals surface area contributed by atoms with Crippen molar-refractivity contribution in [2.75, 3.05) is 16.8 Å². The van der Waals surface area contributed by atoms with Crippen LogP contribution in [-0.4, -0.2) is 23.5 Å². The van der Waals surface area contributed by atoms with Gasteiger partial charge in [0, 0.05) is 29.4 Å². The fraction of sp³-hybridized carbons (Fsp3) is 0.250. The van der Waals surface area contributed by atoms with E-state index in [0.29, 0.717) is 11.6 Å². The van der Waals surface area contributed by atoms with Crippen LogP contribution in [0.15, 0.2) is 48.5 Å². The van der Waals surface area contributed by atoms with Crippen LogP contribution in [0.2, 0.25) is 5.02 Å². The second kappa shape index (κ2) is 9.03. The minimum Gasteiger partial charge on any atom is -0.331 e. The van der Waals surface area contributed by atoms with Gasteiger partial charge >= 0.3 is 0 Å². The van der Waals surface area contributed by atoms with Gasteiger partial charge in [-0.05, 0) is 60.6 Å². The normalized spacial score (nSPS) is 16.0. The van der Waals surface area contributed by atoms with Crippen molar-refractivity contribution >= 4 is 52.1 Å². The van der Waals surface area contributed by atoms with Crippen molar-refractivity contribution < 1.29 is 9.59 Å². The molecule has 1 saturated heterocycles. The number of rotatable bonds is 4. The SMILES string of the molecule is CCc1ccc(N2C[C@@H](C(=O)NNC(=S)Nc3ccc(Cl)cc3)CC2=O)cc1. The van der Waals surface area contributed by atoms with Crippen LogP contribution in [0.1, 0.15) is 18.9 Å². The molecule has 0 saturated carbocycles. The van der Waals surface area contributed by atoms with Gasteiger partial charge in [-0.25, -0.2) is 0 Å². The molecule has 28 heavy (non-hydrogen) atoms. The number of anilines is 2. The fourth-order valence-electron chi connectivity index (χ4n) is 2.96. The van der Waals surface area contributed by atoms with E-state index in [0.717, 1.165) is 17.8 Å². The highest BCUT2D eigenvalue weighted by molar-refractivity contribution is 7.80. The number of hydrazine groups is 1. The molecule has 0 aliphatic carbocycles. The van der Waals surface area contributed by atoms with E-state index in [1.165, 1.54) is 5.56 Å². The molecule has 2 aromatic carbocycles. The van der Waals surface area contributed by atoms with Gasteiger partial charge in [-0.15, -0.1) is 0 Å². The Balaban J connectivity index is 1.51. The molecular formula is C20H21ClN4O2S. The zero-order valence-electron chi connectivity index (χ0n) is 15.4. The van der Waals surface area contributed by atoms with Gasteiger partial charge in [0.2, 0.25) is 11.8 Å². The van der Waals surface area contributed by atoms with E-state index in [1.54, 1.807) is 29.2 Å². The highest BCUT2D eigenvalue weighted by Gasteiger charge is 2.35. The van der Waals surface area contributed by atoms with Crippen LogP contribution in [0.4, 0.5) is 11.4 Å². The first-order valence-corrected chi connectivity index (χ1v) is 9.76. The quantitative estimate of drug-likeness (QED) is 0.527. The lowest BCUT2D eigenvalue weighted by Crippen LogP contribution is -2.46. The van der Waals surface area contributed by atoms with Crippen molar-refractivity contribution in [2.24, 2.45) is 5.92 Å². The van der Waals surface area contributed by atoms with Gasteiger partial charge in [-0.1, -0.05) is 30.7 Å². The average molecular weight is 417 g/mol. The number of carbonyl (C=O) groups excluding carboxylic acids is 2. The van der Waals surface area contributed by atoms with Crippen LogP contribution in [0, 0.1) is 5.92 Å². The highest BCUT2D eigenvalue weighted by atomic mass is 35.5. The summed E-state index contributed by atoms with van der Waals surface area (Å²) in [5, 5.41) is 3.80. The first kappa shape index (κ1) is 20.1. The number of aryl methyl sites for hydroxylation is 1. The molecule has 0 spiro atoms. The monoisotopic (exact) mass is 416 g/mol. The second-order valence-electron chi connectivity index (χ2n) is 6.50. The summed E-state index contributed by atoms with van der Waals surface area (Å²) in [6.45, 7) is 2.42. The molecule has 6 nitrogen and oxygen atoms in total. The summed E-state index contributed by atoms with van der Waals surface area (Å²) in [6, 6.07) is 14.8. The van der Waals surface area contributed by atoms with E-state index >= 15 is 0 Å². The zero-order valence-corrected chi connectivity index (χ0v) is 16.9. The van der Waals surface area contributed by atoms with Crippen molar-refractivity contribution in [1.82, 2.24) is 10.9 Å². The van der Waals surface area contributed by atoms with Gasteiger partial charge < -0.3 is 10.2 Å². The summed E-state index contributed by atoms with van der Waals surface area (Å²) in [5.41, 5.74) is 7.99. The van der Waals surface area contributed by atoms with E-state index in [9.17, 15) is 9.59 Å². The number of carbonyl (C=O) groups is 2. The predicted octanol–water partition coefficient (Wildman–Crippen LogP) is 3.27. The Hall–Kier alpha value is -2.64. The Morgan fingerprint density at radius 2 is 1.82 bits per heavy atom. The fourth-order valence-corrected chi connectivity index (χ4v) is 3.26. The number of thiocarbonyl (C=S) groups is 1. The van der Waals surface area contributed by atoms with Crippen LogP contribution in [0.5, 0.6) is 0 Å². The summed E-state index contributed by atoms with van der Waals surface area (Å²) < 4.78 is 0. The van der Waals surface area contributed by atoms with Gasteiger partial charge in [0.05, 0.1) is 5.92 Å². The number of hydrogen-bond donors (Lipinski definition) is 3. The van der Waals surface area contributed by atoms with E-state index in [2.05, 4.69) is 23.1 Å². The molecule has 2 aromatic rings. The Labute approximate surface area is 174 Å². The Bertz CT molecular complexity index is 871. The van der Waals surface area contributed by atoms with Crippen molar-refractivity contribution in [3.63, 3.8) is 0 Å². The smallest absolute Gasteiger partial charge is 0.243 e. The van der Waals surface area contributed by atoms with Crippen molar-refractivity contribution in [2.45, 2.75) is 19.8 Å². The highest BCUT2D eigenvalue weighted by Crippen LogP contribution is 2.25. The molecule has 0 unspecified atom stereocenters. The van der Waals surface area contributed by atoms with Crippen molar-refractivity contribution in [3.05, 3.63) is 59.1 Å². The maximum absolute atomic E-state index is 12.4. The van der Waals surface area contributed by atoms with E-state index in [4.69, 9.17) is 23.8 Å². The molecule has 1 atom stereocenters. The number of nitrogens with zero attached hydrogens (tertiary/aromatic N) is 1. The predicted molar refractivity (Wildman–Crippen MR) is 115 cm³/mol. The molecule has 0 aromatic heterocycles. The summed E-state index contributed by atoms with van der Waals surface area (Å²) in [5.74, 6) is -0.781.